The largest absolute Gasteiger partial charge is 0.573 e. The lowest BCUT2D eigenvalue weighted by molar-refractivity contribution is -0.274. The van der Waals surface area contributed by atoms with E-state index in [9.17, 15) is 13.2 Å². The van der Waals surface area contributed by atoms with Crippen molar-refractivity contribution in [1.29, 1.82) is 0 Å². The maximum Gasteiger partial charge on any atom is 0.573 e. The molecule has 112 valence electrons. The molecule has 2 rings (SSSR count). The Morgan fingerprint density at radius 3 is 2.33 bits per heavy atom. The first kappa shape index (κ1) is 16.0. The molecule has 0 saturated carbocycles. The summed E-state index contributed by atoms with van der Waals surface area (Å²) in [5, 5.41) is 3.68. The van der Waals surface area contributed by atoms with Gasteiger partial charge in [0.1, 0.15) is 5.75 Å². The van der Waals surface area contributed by atoms with Gasteiger partial charge in [-0.05, 0) is 42.0 Å². The highest BCUT2D eigenvalue weighted by Crippen LogP contribution is 2.25. The van der Waals surface area contributed by atoms with E-state index in [1.165, 1.54) is 24.3 Å². The Hall–Kier alpha value is -1.40. The number of rotatable bonds is 4. The van der Waals surface area contributed by atoms with Gasteiger partial charge in [-0.25, -0.2) is 0 Å². The zero-order valence-corrected chi connectivity index (χ0v) is 12.9. The Kier molecular flexibility index (Phi) is 5.00. The Morgan fingerprint density at radius 1 is 1.10 bits per heavy atom. The molecule has 0 amide bonds. The molecule has 0 radical (unpaired) electrons. The minimum absolute atomic E-state index is 0.255. The van der Waals surface area contributed by atoms with Crippen LogP contribution >= 0.6 is 27.5 Å². The van der Waals surface area contributed by atoms with E-state index in [0.29, 0.717) is 17.3 Å². The quantitative estimate of drug-likeness (QED) is 0.744. The van der Waals surface area contributed by atoms with E-state index in [1.807, 2.05) is 12.1 Å². The Morgan fingerprint density at radius 2 is 1.76 bits per heavy atom. The number of halogens is 5. The highest BCUT2D eigenvalue weighted by atomic mass is 79.9. The zero-order valence-electron chi connectivity index (χ0n) is 10.5. The van der Waals surface area contributed by atoms with E-state index in [1.54, 1.807) is 6.07 Å². The van der Waals surface area contributed by atoms with Gasteiger partial charge in [-0.1, -0.05) is 33.6 Å². The third-order valence-corrected chi connectivity index (χ3v) is 3.43. The zero-order chi connectivity index (χ0) is 15.5. The minimum Gasteiger partial charge on any atom is -0.406 e. The Balaban J connectivity index is 1.97. The molecule has 0 bridgehead atoms. The highest BCUT2D eigenvalue weighted by Gasteiger charge is 2.30. The summed E-state index contributed by atoms with van der Waals surface area (Å²) in [7, 11) is 0. The van der Waals surface area contributed by atoms with E-state index in [2.05, 4.69) is 26.0 Å². The van der Waals surface area contributed by atoms with Crippen LogP contribution in [0, 0.1) is 0 Å². The summed E-state index contributed by atoms with van der Waals surface area (Å²) in [6.45, 7) is 0.464. The van der Waals surface area contributed by atoms with Gasteiger partial charge in [0, 0.05) is 21.7 Å². The summed E-state index contributed by atoms with van der Waals surface area (Å²) < 4.78 is 40.8. The van der Waals surface area contributed by atoms with Crippen LogP contribution in [-0.2, 0) is 6.54 Å². The number of alkyl halides is 3. The van der Waals surface area contributed by atoms with Crippen molar-refractivity contribution in [3.63, 3.8) is 0 Å². The number of ether oxygens (including phenoxy) is 1. The van der Waals surface area contributed by atoms with E-state index < -0.39 is 6.36 Å². The van der Waals surface area contributed by atoms with Crippen LogP contribution in [0.1, 0.15) is 5.56 Å². The van der Waals surface area contributed by atoms with Gasteiger partial charge in [-0.3, -0.25) is 0 Å². The predicted octanol–water partition coefficient (Wildman–Crippen LogP) is 5.61. The summed E-state index contributed by atoms with van der Waals surface area (Å²) in [5.41, 5.74) is 1.55. The molecule has 2 aromatic rings. The first-order valence-electron chi connectivity index (χ1n) is 5.87. The lowest BCUT2D eigenvalue weighted by Gasteiger charge is -2.11. The Bertz CT molecular complexity index is 617. The molecule has 0 spiro atoms. The molecule has 0 atom stereocenters. The lowest BCUT2D eigenvalue weighted by Crippen LogP contribution is -2.17. The average molecular weight is 381 g/mol. The highest BCUT2D eigenvalue weighted by molar-refractivity contribution is 9.10. The first-order valence-corrected chi connectivity index (χ1v) is 7.04. The second-order valence-electron chi connectivity index (χ2n) is 4.16. The van der Waals surface area contributed by atoms with Gasteiger partial charge in [-0.15, -0.1) is 13.2 Å². The van der Waals surface area contributed by atoms with Crippen LogP contribution in [-0.4, -0.2) is 6.36 Å². The molecular weight excluding hydrogens is 371 g/mol. The molecule has 0 aliphatic rings. The summed E-state index contributed by atoms with van der Waals surface area (Å²) in [5.74, 6) is -0.255. The SMILES string of the molecule is FC(F)(F)Oc1ccc(NCc2ccc(Br)cc2Cl)cc1. The van der Waals surface area contributed by atoms with Gasteiger partial charge in [0.05, 0.1) is 0 Å². The van der Waals surface area contributed by atoms with Gasteiger partial charge < -0.3 is 10.1 Å². The molecule has 0 saturated heterocycles. The normalized spacial score (nSPS) is 11.3. The summed E-state index contributed by atoms with van der Waals surface area (Å²) in [4.78, 5) is 0. The van der Waals surface area contributed by atoms with Crippen LogP contribution in [0.4, 0.5) is 18.9 Å². The lowest BCUT2D eigenvalue weighted by atomic mass is 10.2. The number of benzene rings is 2. The molecule has 7 heteroatoms. The first-order chi connectivity index (χ1) is 9.83. The molecule has 0 fully saturated rings. The van der Waals surface area contributed by atoms with Gasteiger partial charge in [0.25, 0.3) is 0 Å². The van der Waals surface area contributed by atoms with Crippen molar-refractivity contribution < 1.29 is 17.9 Å². The van der Waals surface area contributed by atoms with Crippen LogP contribution in [0.25, 0.3) is 0 Å². The molecule has 0 aliphatic heterocycles. The molecular formula is C14H10BrClF3NO. The van der Waals surface area contributed by atoms with Crippen molar-refractivity contribution >= 4 is 33.2 Å². The van der Waals surface area contributed by atoms with E-state index in [0.717, 1.165) is 10.0 Å². The second kappa shape index (κ2) is 6.58. The molecule has 0 unspecified atom stereocenters. The fourth-order valence-corrected chi connectivity index (χ4v) is 2.38. The van der Waals surface area contributed by atoms with Crippen molar-refractivity contribution in [2.24, 2.45) is 0 Å². The third-order valence-electron chi connectivity index (χ3n) is 2.59. The van der Waals surface area contributed by atoms with Crippen LogP contribution in [0.3, 0.4) is 0 Å². The molecule has 1 N–H and O–H groups in total. The number of hydrogen-bond donors (Lipinski definition) is 1. The summed E-state index contributed by atoms with van der Waals surface area (Å²) >= 11 is 9.39. The predicted molar refractivity (Wildman–Crippen MR) is 79.6 cm³/mol. The summed E-state index contributed by atoms with van der Waals surface area (Å²) in [6, 6.07) is 11.0. The fourth-order valence-electron chi connectivity index (χ4n) is 1.64. The maximum atomic E-state index is 12.0. The van der Waals surface area contributed by atoms with Gasteiger partial charge in [-0.2, -0.15) is 0 Å². The molecule has 2 nitrogen and oxygen atoms in total. The van der Waals surface area contributed by atoms with E-state index in [-0.39, 0.29) is 5.75 Å². The maximum absolute atomic E-state index is 12.0. The molecule has 0 heterocycles. The molecule has 0 aromatic heterocycles. The van der Waals surface area contributed by atoms with Crippen LogP contribution in [0.5, 0.6) is 5.75 Å². The van der Waals surface area contributed by atoms with Crippen molar-refractivity contribution in [2.75, 3.05) is 5.32 Å². The molecule has 0 aliphatic carbocycles. The minimum atomic E-state index is -4.68. The van der Waals surface area contributed by atoms with Crippen molar-refractivity contribution in [1.82, 2.24) is 0 Å². The van der Waals surface area contributed by atoms with Crippen molar-refractivity contribution in [3.05, 3.63) is 57.5 Å². The van der Waals surface area contributed by atoms with Gasteiger partial charge >= 0.3 is 6.36 Å². The van der Waals surface area contributed by atoms with Crippen LogP contribution < -0.4 is 10.1 Å². The molecule has 21 heavy (non-hydrogen) atoms. The summed E-state index contributed by atoms with van der Waals surface area (Å²) in [6.07, 6.45) is -4.68. The second-order valence-corrected chi connectivity index (χ2v) is 5.48. The monoisotopic (exact) mass is 379 g/mol. The molecule has 2 aromatic carbocycles. The average Bonchev–Trinajstić information content (AvgIpc) is 2.38. The fraction of sp³-hybridized carbons (Fsp3) is 0.143. The van der Waals surface area contributed by atoms with E-state index >= 15 is 0 Å². The van der Waals surface area contributed by atoms with Gasteiger partial charge in [0.2, 0.25) is 0 Å². The van der Waals surface area contributed by atoms with Gasteiger partial charge in [0.15, 0.2) is 0 Å². The topological polar surface area (TPSA) is 21.3 Å². The van der Waals surface area contributed by atoms with Crippen LogP contribution in [0.2, 0.25) is 5.02 Å². The standard InChI is InChI=1S/C14H10BrClF3NO/c15-10-2-1-9(13(16)7-10)8-20-11-3-5-12(6-4-11)21-14(17,18)19/h1-7,20H,8H2. The number of nitrogens with one attached hydrogen (secondary N) is 1. The number of anilines is 1. The van der Waals surface area contributed by atoms with Crippen molar-refractivity contribution in [3.8, 4) is 5.75 Å². The Labute approximate surface area is 133 Å². The van der Waals surface area contributed by atoms with Crippen LogP contribution in [0.15, 0.2) is 46.9 Å². The smallest absolute Gasteiger partial charge is 0.406 e. The van der Waals surface area contributed by atoms with E-state index in [4.69, 9.17) is 11.6 Å². The number of hydrogen-bond acceptors (Lipinski definition) is 2. The third kappa shape index (κ3) is 5.13. The van der Waals surface area contributed by atoms with Crippen molar-refractivity contribution in [2.45, 2.75) is 12.9 Å².